The molecule has 0 bridgehead atoms. The Morgan fingerprint density at radius 3 is 2.76 bits per heavy atom. The van der Waals surface area contributed by atoms with Crippen LogP contribution >= 0.6 is 0 Å². The van der Waals surface area contributed by atoms with E-state index in [1.807, 2.05) is 13.8 Å². The maximum absolute atomic E-state index is 12.9. The first-order valence-corrected chi connectivity index (χ1v) is 7.13. The molecule has 1 heterocycles. The van der Waals surface area contributed by atoms with Gasteiger partial charge >= 0.3 is 6.03 Å². The summed E-state index contributed by atoms with van der Waals surface area (Å²) in [7, 11) is 0. The predicted octanol–water partition coefficient (Wildman–Crippen LogP) is 1.81. The van der Waals surface area contributed by atoms with Gasteiger partial charge in [-0.3, -0.25) is 4.79 Å². The Kier molecular flexibility index (Phi) is 4.77. The summed E-state index contributed by atoms with van der Waals surface area (Å²) in [5, 5.41) is 5.61. The molecule has 0 radical (unpaired) electrons. The van der Waals surface area contributed by atoms with E-state index in [2.05, 4.69) is 10.6 Å². The van der Waals surface area contributed by atoms with Gasteiger partial charge in [-0.15, -0.1) is 0 Å². The van der Waals surface area contributed by atoms with Gasteiger partial charge < -0.3 is 15.5 Å². The molecular weight excluding hydrogens is 273 g/mol. The van der Waals surface area contributed by atoms with Crippen LogP contribution in [0.1, 0.15) is 31.9 Å². The van der Waals surface area contributed by atoms with Crippen molar-refractivity contribution >= 4 is 11.9 Å². The molecular formula is C15H20FN3O2. The number of hydrogen-bond acceptors (Lipinski definition) is 2. The SMILES string of the molecule is CC[C@@H]1C(=O)NCCN1C(=O)N[C@@H](C)c1ccc(F)cc1. The fourth-order valence-corrected chi connectivity index (χ4v) is 2.47. The molecule has 0 aromatic heterocycles. The summed E-state index contributed by atoms with van der Waals surface area (Å²) >= 11 is 0. The molecule has 2 atom stereocenters. The Hall–Kier alpha value is -2.11. The van der Waals surface area contributed by atoms with Gasteiger partial charge in [0, 0.05) is 13.1 Å². The van der Waals surface area contributed by atoms with Crippen molar-refractivity contribution in [2.75, 3.05) is 13.1 Å². The fourth-order valence-electron chi connectivity index (χ4n) is 2.47. The van der Waals surface area contributed by atoms with Gasteiger partial charge in [0.15, 0.2) is 0 Å². The van der Waals surface area contributed by atoms with Crippen molar-refractivity contribution in [2.45, 2.75) is 32.4 Å². The molecule has 1 fully saturated rings. The molecule has 1 aromatic carbocycles. The molecule has 6 heteroatoms. The largest absolute Gasteiger partial charge is 0.353 e. The molecule has 0 unspecified atom stereocenters. The average molecular weight is 293 g/mol. The molecule has 2 rings (SSSR count). The highest BCUT2D eigenvalue weighted by molar-refractivity contribution is 5.88. The minimum Gasteiger partial charge on any atom is -0.353 e. The Bertz CT molecular complexity index is 518. The van der Waals surface area contributed by atoms with Gasteiger partial charge in [-0.25, -0.2) is 9.18 Å². The number of rotatable bonds is 3. The first-order valence-electron chi connectivity index (χ1n) is 7.13. The minimum absolute atomic E-state index is 0.117. The first kappa shape index (κ1) is 15.3. The number of nitrogens with one attached hydrogen (secondary N) is 2. The van der Waals surface area contributed by atoms with Gasteiger partial charge in [-0.05, 0) is 31.0 Å². The Morgan fingerprint density at radius 2 is 2.14 bits per heavy atom. The fraction of sp³-hybridized carbons (Fsp3) is 0.467. The Morgan fingerprint density at radius 1 is 1.48 bits per heavy atom. The average Bonchev–Trinajstić information content (AvgIpc) is 2.47. The molecule has 0 aliphatic carbocycles. The third-order valence-corrected chi connectivity index (χ3v) is 3.69. The second-order valence-electron chi connectivity index (χ2n) is 5.13. The summed E-state index contributed by atoms with van der Waals surface area (Å²) < 4.78 is 12.9. The number of urea groups is 1. The van der Waals surface area contributed by atoms with E-state index < -0.39 is 6.04 Å². The van der Waals surface area contributed by atoms with E-state index in [4.69, 9.17) is 0 Å². The molecule has 5 nitrogen and oxygen atoms in total. The lowest BCUT2D eigenvalue weighted by Gasteiger charge is -2.35. The quantitative estimate of drug-likeness (QED) is 0.893. The number of amides is 3. The van der Waals surface area contributed by atoms with Crippen LogP contribution in [0, 0.1) is 5.82 Å². The van der Waals surface area contributed by atoms with Crippen molar-refractivity contribution in [1.29, 1.82) is 0 Å². The van der Waals surface area contributed by atoms with Crippen LogP contribution in [0.5, 0.6) is 0 Å². The normalized spacial score (nSPS) is 19.9. The third kappa shape index (κ3) is 3.51. The molecule has 0 spiro atoms. The molecule has 1 aromatic rings. The molecule has 21 heavy (non-hydrogen) atoms. The topological polar surface area (TPSA) is 61.4 Å². The zero-order valence-electron chi connectivity index (χ0n) is 12.2. The van der Waals surface area contributed by atoms with Gasteiger partial charge in [-0.1, -0.05) is 19.1 Å². The van der Waals surface area contributed by atoms with E-state index in [-0.39, 0.29) is 23.8 Å². The summed E-state index contributed by atoms with van der Waals surface area (Å²) in [6.07, 6.45) is 0.574. The molecule has 2 N–H and O–H groups in total. The van der Waals surface area contributed by atoms with Gasteiger partial charge in [0.1, 0.15) is 11.9 Å². The van der Waals surface area contributed by atoms with Gasteiger partial charge in [0.2, 0.25) is 5.91 Å². The van der Waals surface area contributed by atoms with Crippen LogP contribution in [0.2, 0.25) is 0 Å². The summed E-state index contributed by atoms with van der Waals surface area (Å²) in [4.78, 5) is 25.6. The number of carbonyl (C=O) groups excluding carboxylic acids is 2. The van der Waals surface area contributed by atoms with Crippen molar-refractivity contribution < 1.29 is 14.0 Å². The van der Waals surface area contributed by atoms with Crippen molar-refractivity contribution in [1.82, 2.24) is 15.5 Å². The molecule has 1 aliphatic heterocycles. The lowest BCUT2D eigenvalue weighted by molar-refractivity contribution is -0.127. The summed E-state index contributed by atoms with van der Waals surface area (Å²) in [6, 6.07) is 5.05. The van der Waals surface area contributed by atoms with E-state index >= 15 is 0 Å². The first-order chi connectivity index (χ1) is 10.0. The third-order valence-electron chi connectivity index (χ3n) is 3.69. The molecule has 0 saturated carbocycles. The zero-order chi connectivity index (χ0) is 15.4. The Labute approximate surface area is 123 Å². The predicted molar refractivity (Wildman–Crippen MR) is 77.1 cm³/mol. The van der Waals surface area contributed by atoms with Crippen LogP contribution in [-0.4, -0.2) is 36.0 Å². The van der Waals surface area contributed by atoms with Crippen LogP contribution < -0.4 is 10.6 Å². The molecule has 1 aliphatic rings. The van der Waals surface area contributed by atoms with E-state index in [1.54, 1.807) is 17.0 Å². The van der Waals surface area contributed by atoms with E-state index in [1.165, 1.54) is 12.1 Å². The lowest BCUT2D eigenvalue weighted by atomic mass is 10.1. The number of halogens is 1. The van der Waals surface area contributed by atoms with Crippen LogP contribution in [0.15, 0.2) is 24.3 Å². The van der Waals surface area contributed by atoms with Crippen molar-refractivity contribution in [3.05, 3.63) is 35.6 Å². The molecule has 114 valence electrons. The maximum Gasteiger partial charge on any atom is 0.318 e. The second-order valence-corrected chi connectivity index (χ2v) is 5.13. The van der Waals surface area contributed by atoms with E-state index in [9.17, 15) is 14.0 Å². The van der Waals surface area contributed by atoms with Gasteiger partial charge in [0.25, 0.3) is 0 Å². The number of carbonyl (C=O) groups is 2. The number of hydrogen-bond donors (Lipinski definition) is 2. The Balaban J connectivity index is 2.02. The number of piperazine rings is 1. The minimum atomic E-state index is -0.431. The van der Waals surface area contributed by atoms with Crippen molar-refractivity contribution in [2.24, 2.45) is 0 Å². The van der Waals surface area contributed by atoms with E-state index in [0.29, 0.717) is 19.5 Å². The van der Waals surface area contributed by atoms with Gasteiger partial charge in [0.05, 0.1) is 6.04 Å². The molecule has 1 saturated heterocycles. The maximum atomic E-state index is 12.9. The van der Waals surface area contributed by atoms with Crippen molar-refractivity contribution in [3.63, 3.8) is 0 Å². The summed E-state index contributed by atoms with van der Waals surface area (Å²) in [5.41, 5.74) is 0.819. The number of nitrogens with zero attached hydrogens (tertiary/aromatic N) is 1. The number of benzene rings is 1. The van der Waals surface area contributed by atoms with E-state index in [0.717, 1.165) is 5.56 Å². The standard InChI is InChI=1S/C15H20FN3O2/c1-3-13-14(20)17-8-9-19(13)15(21)18-10(2)11-4-6-12(16)7-5-11/h4-7,10,13H,3,8-9H2,1-2H3,(H,17,20)(H,18,21)/t10-,13+/m0/s1. The molecule has 3 amide bonds. The van der Waals surface area contributed by atoms with Crippen LogP contribution in [0.4, 0.5) is 9.18 Å². The second kappa shape index (κ2) is 6.56. The van der Waals surface area contributed by atoms with Crippen LogP contribution in [-0.2, 0) is 4.79 Å². The van der Waals surface area contributed by atoms with Crippen molar-refractivity contribution in [3.8, 4) is 0 Å². The zero-order valence-corrected chi connectivity index (χ0v) is 12.2. The smallest absolute Gasteiger partial charge is 0.318 e. The summed E-state index contributed by atoms with van der Waals surface area (Å²) in [5.74, 6) is -0.427. The highest BCUT2D eigenvalue weighted by Crippen LogP contribution is 2.15. The van der Waals surface area contributed by atoms with Crippen LogP contribution in [0.25, 0.3) is 0 Å². The highest BCUT2D eigenvalue weighted by atomic mass is 19.1. The van der Waals surface area contributed by atoms with Crippen LogP contribution in [0.3, 0.4) is 0 Å². The lowest BCUT2D eigenvalue weighted by Crippen LogP contribution is -2.59. The summed E-state index contributed by atoms with van der Waals surface area (Å²) in [6.45, 7) is 4.66. The monoisotopic (exact) mass is 293 g/mol. The highest BCUT2D eigenvalue weighted by Gasteiger charge is 2.32. The van der Waals surface area contributed by atoms with Gasteiger partial charge in [-0.2, -0.15) is 0 Å².